The zero-order valence-corrected chi connectivity index (χ0v) is 14.7. The molecule has 118 valence electrons. The number of aromatic nitrogens is 1. The van der Waals surface area contributed by atoms with Gasteiger partial charge in [0.15, 0.2) is 5.13 Å². The first-order valence-corrected chi connectivity index (χ1v) is 8.58. The summed E-state index contributed by atoms with van der Waals surface area (Å²) >= 11 is 1.73. The van der Waals surface area contributed by atoms with Crippen molar-refractivity contribution in [2.75, 3.05) is 31.6 Å². The Hall–Kier alpha value is -1.10. The molecule has 0 saturated carbocycles. The van der Waals surface area contributed by atoms with E-state index in [4.69, 9.17) is 0 Å². The molecular formula is C16H27N3OS. The first-order valence-electron chi connectivity index (χ1n) is 7.70. The molecule has 1 saturated heterocycles. The quantitative estimate of drug-likeness (QED) is 0.860. The number of carbonyl (C=O) groups is 1. The number of rotatable bonds is 3. The maximum absolute atomic E-state index is 12.2. The summed E-state index contributed by atoms with van der Waals surface area (Å²) in [6.07, 6.45) is 2.28. The average molecular weight is 309 g/mol. The van der Waals surface area contributed by atoms with Crippen molar-refractivity contribution < 1.29 is 4.79 Å². The lowest BCUT2D eigenvalue weighted by atomic mass is 9.92. The van der Waals surface area contributed by atoms with Gasteiger partial charge in [0.25, 0.3) is 0 Å². The molecule has 2 heterocycles. The van der Waals surface area contributed by atoms with Gasteiger partial charge < -0.3 is 9.80 Å². The first-order chi connectivity index (χ1) is 9.77. The van der Waals surface area contributed by atoms with E-state index in [9.17, 15) is 4.79 Å². The van der Waals surface area contributed by atoms with E-state index in [-0.39, 0.29) is 11.3 Å². The predicted octanol–water partition coefficient (Wildman–Crippen LogP) is 3.17. The zero-order chi connectivity index (χ0) is 15.6. The summed E-state index contributed by atoms with van der Waals surface area (Å²) in [4.78, 5) is 21.1. The van der Waals surface area contributed by atoms with Crippen LogP contribution in [-0.4, -0.2) is 42.5 Å². The molecule has 4 nitrogen and oxygen atoms in total. The first kappa shape index (κ1) is 16.3. The van der Waals surface area contributed by atoms with Crippen molar-refractivity contribution in [1.29, 1.82) is 0 Å². The molecule has 0 spiro atoms. The van der Waals surface area contributed by atoms with Crippen LogP contribution < -0.4 is 4.90 Å². The Morgan fingerprint density at radius 3 is 2.52 bits per heavy atom. The molecule has 1 aromatic heterocycles. The molecule has 0 aliphatic carbocycles. The summed E-state index contributed by atoms with van der Waals surface area (Å²) < 4.78 is 0. The summed E-state index contributed by atoms with van der Waals surface area (Å²) in [7, 11) is 1.93. The maximum atomic E-state index is 12.2. The van der Waals surface area contributed by atoms with E-state index in [0.29, 0.717) is 5.92 Å². The number of piperidine rings is 1. The Morgan fingerprint density at radius 1 is 1.43 bits per heavy atom. The standard InChI is InChI=1S/C16H27N3OS/c1-12-11-21-15(17-12)19-8-6-13(7-9-19)10-18(5)14(20)16(2,3)4/h11,13H,6-10H2,1-5H3. The molecule has 0 N–H and O–H groups in total. The Bertz CT molecular complexity index is 484. The van der Waals surface area contributed by atoms with E-state index >= 15 is 0 Å². The average Bonchev–Trinajstić information content (AvgIpc) is 2.84. The van der Waals surface area contributed by atoms with E-state index in [0.717, 1.165) is 43.3 Å². The molecule has 0 bridgehead atoms. The molecule has 0 atom stereocenters. The third kappa shape index (κ3) is 4.19. The fourth-order valence-corrected chi connectivity index (χ4v) is 3.69. The van der Waals surface area contributed by atoms with Gasteiger partial charge in [-0.2, -0.15) is 0 Å². The fraction of sp³-hybridized carbons (Fsp3) is 0.750. The van der Waals surface area contributed by atoms with Gasteiger partial charge in [-0.3, -0.25) is 4.79 Å². The van der Waals surface area contributed by atoms with Gasteiger partial charge >= 0.3 is 0 Å². The molecule has 1 aliphatic heterocycles. The van der Waals surface area contributed by atoms with Crippen molar-refractivity contribution in [1.82, 2.24) is 9.88 Å². The molecule has 1 amide bonds. The minimum Gasteiger partial charge on any atom is -0.348 e. The Labute approximate surface area is 132 Å². The van der Waals surface area contributed by atoms with Crippen LogP contribution in [0.5, 0.6) is 0 Å². The SMILES string of the molecule is Cc1csc(N2CCC(CN(C)C(=O)C(C)(C)C)CC2)n1. The third-order valence-electron chi connectivity index (χ3n) is 4.01. The van der Waals surface area contributed by atoms with Crippen LogP contribution in [0.4, 0.5) is 5.13 Å². The number of anilines is 1. The minimum atomic E-state index is -0.284. The number of nitrogens with zero attached hydrogens (tertiary/aromatic N) is 3. The Balaban J connectivity index is 1.83. The topological polar surface area (TPSA) is 36.4 Å². The number of thiazole rings is 1. The van der Waals surface area contributed by atoms with Crippen LogP contribution in [0.15, 0.2) is 5.38 Å². The molecule has 21 heavy (non-hydrogen) atoms. The highest BCUT2D eigenvalue weighted by atomic mass is 32.1. The molecule has 2 rings (SSSR count). The highest BCUT2D eigenvalue weighted by molar-refractivity contribution is 7.13. The summed E-state index contributed by atoms with van der Waals surface area (Å²) in [5.41, 5.74) is 0.820. The van der Waals surface area contributed by atoms with Gasteiger partial charge in [-0.25, -0.2) is 4.98 Å². The van der Waals surface area contributed by atoms with E-state index in [1.54, 1.807) is 11.3 Å². The summed E-state index contributed by atoms with van der Waals surface area (Å²) in [6, 6.07) is 0. The molecular weight excluding hydrogens is 282 g/mol. The van der Waals surface area contributed by atoms with E-state index in [2.05, 4.69) is 15.3 Å². The van der Waals surface area contributed by atoms with Gasteiger partial charge in [0.1, 0.15) is 0 Å². The molecule has 1 fully saturated rings. The van der Waals surface area contributed by atoms with E-state index in [1.807, 2.05) is 39.6 Å². The normalized spacial score (nSPS) is 17.1. The van der Waals surface area contributed by atoms with E-state index in [1.165, 1.54) is 0 Å². The van der Waals surface area contributed by atoms with Gasteiger partial charge in [0.2, 0.25) is 5.91 Å². The monoisotopic (exact) mass is 309 g/mol. The highest BCUT2D eigenvalue weighted by Gasteiger charge is 2.28. The lowest BCUT2D eigenvalue weighted by Gasteiger charge is -2.35. The second kappa shape index (κ2) is 6.34. The molecule has 0 aromatic carbocycles. The van der Waals surface area contributed by atoms with Crippen molar-refractivity contribution in [3.63, 3.8) is 0 Å². The second-order valence-electron chi connectivity index (χ2n) is 7.14. The highest BCUT2D eigenvalue weighted by Crippen LogP contribution is 2.27. The lowest BCUT2D eigenvalue weighted by molar-refractivity contribution is -0.138. The molecule has 0 unspecified atom stereocenters. The second-order valence-corrected chi connectivity index (χ2v) is 7.97. The largest absolute Gasteiger partial charge is 0.348 e. The van der Waals surface area contributed by atoms with E-state index < -0.39 is 0 Å². The van der Waals surface area contributed by atoms with Gasteiger partial charge in [-0.1, -0.05) is 20.8 Å². The fourth-order valence-electron chi connectivity index (χ4n) is 2.84. The Kier molecular flexibility index (Phi) is 4.91. The molecule has 1 aliphatic rings. The smallest absolute Gasteiger partial charge is 0.227 e. The number of carbonyl (C=O) groups excluding carboxylic acids is 1. The number of amides is 1. The molecule has 0 radical (unpaired) electrons. The summed E-state index contributed by atoms with van der Waals surface area (Å²) in [5.74, 6) is 0.846. The van der Waals surface area contributed by atoms with Crippen LogP contribution >= 0.6 is 11.3 Å². The van der Waals surface area contributed by atoms with Gasteiger partial charge in [0.05, 0.1) is 5.69 Å². The molecule has 1 aromatic rings. The van der Waals surface area contributed by atoms with Crippen LogP contribution in [0.3, 0.4) is 0 Å². The van der Waals surface area contributed by atoms with Crippen molar-refractivity contribution in [2.24, 2.45) is 11.3 Å². The van der Waals surface area contributed by atoms with Crippen LogP contribution in [0.25, 0.3) is 0 Å². The van der Waals surface area contributed by atoms with Crippen molar-refractivity contribution >= 4 is 22.4 Å². The minimum absolute atomic E-state index is 0.237. The van der Waals surface area contributed by atoms with Crippen LogP contribution in [0.1, 0.15) is 39.3 Å². The van der Waals surface area contributed by atoms with Crippen molar-refractivity contribution in [3.8, 4) is 0 Å². The van der Waals surface area contributed by atoms with Crippen LogP contribution in [0, 0.1) is 18.3 Å². The van der Waals surface area contributed by atoms with Crippen molar-refractivity contribution in [3.05, 3.63) is 11.1 Å². The maximum Gasteiger partial charge on any atom is 0.227 e. The summed E-state index contributed by atoms with van der Waals surface area (Å²) in [5, 5.41) is 3.25. The van der Waals surface area contributed by atoms with Crippen LogP contribution in [-0.2, 0) is 4.79 Å². The lowest BCUT2D eigenvalue weighted by Crippen LogP contribution is -2.42. The van der Waals surface area contributed by atoms with Crippen LogP contribution in [0.2, 0.25) is 0 Å². The number of hydrogen-bond donors (Lipinski definition) is 0. The Morgan fingerprint density at radius 2 is 2.05 bits per heavy atom. The molecule has 5 heteroatoms. The van der Waals surface area contributed by atoms with Crippen molar-refractivity contribution in [2.45, 2.75) is 40.5 Å². The van der Waals surface area contributed by atoms with Gasteiger partial charge in [-0.15, -0.1) is 11.3 Å². The predicted molar refractivity (Wildman–Crippen MR) is 88.9 cm³/mol. The van der Waals surface area contributed by atoms with Gasteiger partial charge in [0, 0.05) is 37.5 Å². The number of aryl methyl sites for hydroxylation is 1. The third-order valence-corrected chi connectivity index (χ3v) is 5.03. The number of hydrogen-bond acceptors (Lipinski definition) is 4. The summed E-state index contributed by atoms with van der Waals surface area (Å²) in [6.45, 7) is 11.0. The zero-order valence-electron chi connectivity index (χ0n) is 13.8. The van der Waals surface area contributed by atoms with Gasteiger partial charge in [-0.05, 0) is 25.7 Å².